The van der Waals surface area contributed by atoms with Gasteiger partial charge in [0.2, 0.25) is 0 Å². The molecule has 1 heterocycles. The Labute approximate surface area is 197 Å². The molecule has 182 valence electrons. The summed E-state index contributed by atoms with van der Waals surface area (Å²) in [6.45, 7) is 6.53. The summed E-state index contributed by atoms with van der Waals surface area (Å²) < 4.78 is 35.4. The minimum atomic E-state index is -4.35. The van der Waals surface area contributed by atoms with Crippen LogP contribution in [0.5, 0.6) is 5.75 Å². The molecule has 10 nitrogen and oxygen atoms in total. The van der Waals surface area contributed by atoms with Crippen molar-refractivity contribution in [3.63, 3.8) is 0 Å². The molecule has 34 heavy (non-hydrogen) atoms. The van der Waals surface area contributed by atoms with E-state index in [2.05, 4.69) is 13.8 Å². The Balaban J connectivity index is 1.62. The molecule has 0 saturated carbocycles. The predicted molar refractivity (Wildman–Crippen MR) is 122 cm³/mol. The molecule has 3 rings (SSSR count). The standard InChI is InChI=1S/C23H26N2O8S/c1-15-10-16(2)13-24(12-15)22(26)14-32-23(27)18-5-8-20(9-6-18)33-34(30,31)21-11-19(25(28)29)7-4-17(21)3/h4-9,11,15-16H,10,12-14H2,1-3H3/t15-,16-/m0/s1. The number of hydrogen-bond donors (Lipinski definition) is 0. The smallest absolute Gasteiger partial charge is 0.339 e. The fraction of sp³-hybridized carbons (Fsp3) is 0.391. The van der Waals surface area contributed by atoms with E-state index in [-0.39, 0.29) is 40.0 Å². The average Bonchev–Trinajstić information content (AvgIpc) is 2.76. The molecule has 1 saturated heterocycles. The number of benzene rings is 2. The van der Waals surface area contributed by atoms with Crippen molar-refractivity contribution in [1.29, 1.82) is 0 Å². The third kappa shape index (κ3) is 6.10. The van der Waals surface area contributed by atoms with Gasteiger partial charge in [0.1, 0.15) is 10.6 Å². The Morgan fingerprint density at radius 1 is 1.09 bits per heavy atom. The first-order valence-corrected chi connectivity index (χ1v) is 12.1. The molecule has 2 aromatic rings. The molecule has 11 heteroatoms. The first-order chi connectivity index (χ1) is 16.0. The van der Waals surface area contributed by atoms with E-state index >= 15 is 0 Å². The monoisotopic (exact) mass is 490 g/mol. The summed E-state index contributed by atoms with van der Waals surface area (Å²) in [4.78, 5) is 36.3. The van der Waals surface area contributed by atoms with Gasteiger partial charge in [0, 0.05) is 25.2 Å². The number of aryl methyl sites for hydroxylation is 1. The van der Waals surface area contributed by atoms with Gasteiger partial charge in [-0.2, -0.15) is 8.42 Å². The van der Waals surface area contributed by atoms with Crippen molar-refractivity contribution in [2.45, 2.75) is 32.1 Å². The summed E-state index contributed by atoms with van der Waals surface area (Å²) in [6, 6.07) is 8.59. The molecule has 1 fully saturated rings. The number of likely N-dealkylation sites (tertiary alicyclic amines) is 1. The number of piperidine rings is 1. The molecule has 0 unspecified atom stereocenters. The minimum Gasteiger partial charge on any atom is -0.452 e. The van der Waals surface area contributed by atoms with E-state index in [4.69, 9.17) is 8.92 Å². The highest BCUT2D eigenvalue weighted by molar-refractivity contribution is 7.87. The first kappa shape index (κ1) is 25.2. The Kier molecular flexibility index (Phi) is 7.55. The molecule has 0 aliphatic carbocycles. The largest absolute Gasteiger partial charge is 0.452 e. The number of amides is 1. The third-order valence-electron chi connectivity index (χ3n) is 5.50. The third-order valence-corrected chi connectivity index (χ3v) is 6.89. The number of nitro benzene ring substituents is 1. The molecular weight excluding hydrogens is 464 g/mol. The molecule has 0 N–H and O–H groups in total. The van der Waals surface area contributed by atoms with E-state index in [1.807, 2.05) is 0 Å². The second-order valence-corrected chi connectivity index (χ2v) is 10.1. The highest BCUT2D eigenvalue weighted by Gasteiger charge is 2.26. The lowest BCUT2D eigenvalue weighted by Crippen LogP contribution is -2.44. The molecule has 2 aromatic carbocycles. The molecule has 1 aliphatic heterocycles. The highest BCUT2D eigenvalue weighted by Crippen LogP contribution is 2.26. The summed E-state index contributed by atoms with van der Waals surface area (Å²) in [5.41, 5.74) is 0.0197. The fourth-order valence-corrected chi connectivity index (χ4v) is 5.14. The number of esters is 1. The maximum Gasteiger partial charge on any atom is 0.339 e. The molecule has 1 amide bonds. The average molecular weight is 491 g/mol. The van der Waals surface area contributed by atoms with E-state index in [1.54, 1.807) is 4.90 Å². The Bertz CT molecular complexity index is 1180. The molecular formula is C23H26N2O8S. The predicted octanol–water partition coefficient (Wildman–Crippen LogP) is 3.33. The second-order valence-electron chi connectivity index (χ2n) is 8.59. The van der Waals surface area contributed by atoms with Gasteiger partial charge in [-0.1, -0.05) is 19.9 Å². The summed E-state index contributed by atoms with van der Waals surface area (Å²) in [5.74, 6) is -0.300. The quantitative estimate of drug-likeness (QED) is 0.250. The zero-order chi connectivity index (χ0) is 25.0. The lowest BCUT2D eigenvalue weighted by atomic mass is 9.92. The van der Waals surface area contributed by atoms with E-state index in [0.29, 0.717) is 24.9 Å². The summed E-state index contributed by atoms with van der Waals surface area (Å²) in [6.07, 6.45) is 1.05. The molecule has 1 aliphatic rings. The highest BCUT2D eigenvalue weighted by atomic mass is 32.2. The van der Waals surface area contributed by atoms with Crippen LogP contribution in [0.4, 0.5) is 5.69 Å². The lowest BCUT2D eigenvalue weighted by Gasteiger charge is -2.34. The van der Waals surface area contributed by atoms with Crippen LogP contribution in [0.2, 0.25) is 0 Å². The van der Waals surface area contributed by atoms with Crippen molar-refractivity contribution in [3.05, 3.63) is 63.7 Å². The number of non-ortho nitro benzene ring substituents is 1. The Morgan fingerprint density at radius 2 is 1.71 bits per heavy atom. The van der Waals surface area contributed by atoms with E-state index < -0.39 is 21.0 Å². The van der Waals surface area contributed by atoms with Crippen LogP contribution in [0.3, 0.4) is 0 Å². The summed E-state index contributed by atoms with van der Waals surface area (Å²) in [5, 5.41) is 11.0. The number of rotatable bonds is 7. The molecule has 0 spiro atoms. The number of ether oxygens (including phenoxy) is 1. The van der Waals surface area contributed by atoms with E-state index in [9.17, 15) is 28.1 Å². The number of carbonyl (C=O) groups is 2. The zero-order valence-corrected chi connectivity index (χ0v) is 19.9. The van der Waals surface area contributed by atoms with Gasteiger partial charge < -0.3 is 13.8 Å². The van der Waals surface area contributed by atoms with Crippen molar-refractivity contribution in [2.75, 3.05) is 19.7 Å². The fourth-order valence-electron chi connectivity index (χ4n) is 3.96. The molecule has 0 bridgehead atoms. The Morgan fingerprint density at radius 3 is 2.29 bits per heavy atom. The van der Waals surface area contributed by atoms with Gasteiger partial charge in [-0.15, -0.1) is 0 Å². The molecule has 0 radical (unpaired) electrons. The number of nitrogens with zero attached hydrogens (tertiary/aromatic N) is 2. The van der Waals surface area contributed by atoms with Gasteiger partial charge in [-0.25, -0.2) is 4.79 Å². The minimum absolute atomic E-state index is 0.0881. The normalized spacial score (nSPS) is 18.3. The van der Waals surface area contributed by atoms with Crippen molar-refractivity contribution in [3.8, 4) is 5.75 Å². The summed E-state index contributed by atoms with van der Waals surface area (Å²) >= 11 is 0. The van der Waals surface area contributed by atoms with Crippen molar-refractivity contribution < 1.29 is 31.9 Å². The van der Waals surface area contributed by atoms with Crippen molar-refractivity contribution in [1.82, 2.24) is 4.90 Å². The van der Waals surface area contributed by atoms with Gasteiger partial charge in [0.15, 0.2) is 6.61 Å². The van der Waals surface area contributed by atoms with Crippen LogP contribution in [0.1, 0.15) is 36.2 Å². The van der Waals surface area contributed by atoms with Gasteiger partial charge in [0.05, 0.1) is 10.5 Å². The van der Waals surface area contributed by atoms with Gasteiger partial charge >= 0.3 is 16.1 Å². The van der Waals surface area contributed by atoms with Crippen molar-refractivity contribution >= 4 is 27.7 Å². The maximum absolute atomic E-state index is 12.6. The first-order valence-electron chi connectivity index (χ1n) is 10.7. The van der Waals surface area contributed by atoms with Crippen LogP contribution in [0.25, 0.3) is 0 Å². The van der Waals surface area contributed by atoms with Crippen LogP contribution >= 0.6 is 0 Å². The SMILES string of the molecule is Cc1ccc([N+](=O)[O-])cc1S(=O)(=O)Oc1ccc(C(=O)OCC(=O)N2C[C@@H](C)C[C@H](C)C2)cc1. The maximum atomic E-state index is 12.6. The van der Waals surface area contributed by atoms with Gasteiger partial charge in [-0.3, -0.25) is 14.9 Å². The van der Waals surface area contributed by atoms with Crippen LogP contribution in [-0.4, -0.2) is 49.8 Å². The summed E-state index contributed by atoms with van der Waals surface area (Å²) in [7, 11) is -4.35. The van der Waals surface area contributed by atoms with E-state index in [0.717, 1.165) is 12.5 Å². The van der Waals surface area contributed by atoms with Crippen LogP contribution in [0, 0.1) is 28.9 Å². The number of nitro groups is 1. The molecule has 0 aromatic heterocycles. The topological polar surface area (TPSA) is 133 Å². The van der Waals surface area contributed by atoms with Crippen LogP contribution in [0.15, 0.2) is 47.4 Å². The number of hydrogen-bond acceptors (Lipinski definition) is 8. The van der Waals surface area contributed by atoms with Crippen molar-refractivity contribution in [2.24, 2.45) is 11.8 Å². The van der Waals surface area contributed by atoms with Gasteiger partial charge in [0.25, 0.3) is 11.6 Å². The zero-order valence-electron chi connectivity index (χ0n) is 19.1. The van der Waals surface area contributed by atoms with E-state index in [1.165, 1.54) is 43.3 Å². The Hall–Kier alpha value is -3.47. The second kappa shape index (κ2) is 10.2. The lowest BCUT2D eigenvalue weighted by molar-refractivity contribution is -0.385. The van der Waals surface area contributed by atoms with Crippen LogP contribution in [-0.2, 0) is 19.6 Å². The number of carbonyl (C=O) groups excluding carboxylic acids is 2. The van der Waals surface area contributed by atoms with Gasteiger partial charge in [-0.05, 0) is 55.0 Å². The molecule has 2 atom stereocenters. The van der Waals surface area contributed by atoms with Crippen LogP contribution < -0.4 is 4.18 Å².